The molecule has 1 aliphatic rings. The number of benzene rings is 1. The molecule has 0 saturated heterocycles. The number of nitrogens with zero attached hydrogens (tertiary/aromatic N) is 2. The van der Waals surface area contributed by atoms with Gasteiger partial charge in [0.15, 0.2) is 0 Å². The number of halogens is 1. The van der Waals surface area contributed by atoms with Gasteiger partial charge in [0, 0.05) is 31.7 Å². The Morgan fingerprint density at radius 2 is 2.00 bits per heavy atom. The van der Waals surface area contributed by atoms with Crippen LogP contribution in [0.15, 0.2) is 22.7 Å². The Morgan fingerprint density at radius 3 is 2.65 bits per heavy atom. The van der Waals surface area contributed by atoms with Crippen LogP contribution in [0.3, 0.4) is 0 Å². The van der Waals surface area contributed by atoms with E-state index in [1.165, 1.54) is 14.2 Å². The molecular weight excluding hydrogens is 304 g/mol. The smallest absolute Gasteiger partial charge is 0.195 e. The summed E-state index contributed by atoms with van der Waals surface area (Å²) < 4.78 is 27.8. The Hall–Kier alpha value is -0.430. The predicted octanol–water partition coefficient (Wildman–Crippen LogP) is 1.61. The van der Waals surface area contributed by atoms with Crippen molar-refractivity contribution in [3.63, 3.8) is 0 Å². The molecule has 0 N–H and O–H groups in total. The minimum atomic E-state index is -3.30. The number of rotatable bonds is 2. The molecule has 94 valence electrons. The summed E-state index contributed by atoms with van der Waals surface area (Å²) in [6, 6.07) is 6.00. The molecule has 1 aromatic carbocycles. The SMILES string of the molecule is CN(C)S(=O)(=O)N1CCc2cc(Br)ccc2C1. The summed E-state index contributed by atoms with van der Waals surface area (Å²) in [6.07, 6.45) is 0.766. The normalized spacial score (nSPS) is 17.2. The van der Waals surface area contributed by atoms with Gasteiger partial charge in [-0.25, -0.2) is 0 Å². The molecule has 0 atom stereocenters. The van der Waals surface area contributed by atoms with E-state index in [-0.39, 0.29) is 0 Å². The molecule has 0 radical (unpaired) electrons. The van der Waals surface area contributed by atoms with E-state index in [1.807, 2.05) is 12.1 Å². The zero-order chi connectivity index (χ0) is 12.6. The average molecular weight is 319 g/mol. The summed E-state index contributed by atoms with van der Waals surface area (Å²) >= 11 is 3.43. The van der Waals surface area contributed by atoms with Gasteiger partial charge in [0.25, 0.3) is 10.2 Å². The predicted molar refractivity (Wildman–Crippen MR) is 70.9 cm³/mol. The van der Waals surface area contributed by atoms with E-state index in [0.717, 1.165) is 16.5 Å². The third-order valence-corrected chi connectivity index (χ3v) is 5.31. The molecule has 1 aliphatic heterocycles. The molecule has 1 aromatic rings. The molecule has 6 heteroatoms. The van der Waals surface area contributed by atoms with Crippen LogP contribution < -0.4 is 0 Å². The Morgan fingerprint density at radius 1 is 1.29 bits per heavy atom. The molecule has 2 rings (SSSR count). The zero-order valence-electron chi connectivity index (χ0n) is 9.85. The summed E-state index contributed by atoms with van der Waals surface area (Å²) in [5.74, 6) is 0. The minimum absolute atomic E-state index is 0.461. The van der Waals surface area contributed by atoms with Crippen molar-refractivity contribution in [3.8, 4) is 0 Å². The van der Waals surface area contributed by atoms with Crippen molar-refractivity contribution in [1.29, 1.82) is 0 Å². The molecule has 0 unspecified atom stereocenters. The van der Waals surface area contributed by atoms with E-state index in [2.05, 4.69) is 22.0 Å². The molecule has 0 spiro atoms. The van der Waals surface area contributed by atoms with Gasteiger partial charge in [-0.3, -0.25) is 0 Å². The molecule has 0 saturated carbocycles. The van der Waals surface area contributed by atoms with Crippen LogP contribution in [-0.2, 0) is 23.2 Å². The van der Waals surface area contributed by atoms with Crippen LogP contribution in [0.25, 0.3) is 0 Å². The average Bonchev–Trinajstić information content (AvgIpc) is 2.28. The molecule has 0 fully saturated rings. The lowest BCUT2D eigenvalue weighted by Gasteiger charge is -2.30. The number of hydrogen-bond donors (Lipinski definition) is 0. The highest BCUT2D eigenvalue weighted by atomic mass is 79.9. The van der Waals surface area contributed by atoms with Crippen molar-refractivity contribution < 1.29 is 8.42 Å². The fraction of sp³-hybridized carbons (Fsp3) is 0.455. The number of fused-ring (bicyclic) bond motifs is 1. The van der Waals surface area contributed by atoms with Crippen LogP contribution in [0, 0.1) is 0 Å². The van der Waals surface area contributed by atoms with Crippen LogP contribution in [-0.4, -0.2) is 37.7 Å². The van der Waals surface area contributed by atoms with Crippen LogP contribution >= 0.6 is 15.9 Å². The molecule has 0 amide bonds. The van der Waals surface area contributed by atoms with Gasteiger partial charge in [-0.1, -0.05) is 22.0 Å². The van der Waals surface area contributed by atoms with E-state index in [4.69, 9.17) is 0 Å². The van der Waals surface area contributed by atoms with Gasteiger partial charge < -0.3 is 0 Å². The van der Waals surface area contributed by atoms with Crippen molar-refractivity contribution in [1.82, 2.24) is 8.61 Å². The Kier molecular flexibility index (Phi) is 3.58. The molecule has 17 heavy (non-hydrogen) atoms. The minimum Gasteiger partial charge on any atom is -0.195 e. The van der Waals surface area contributed by atoms with Gasteiger partial charge in [-0.15, -0.1) is 0 Å². The van der Waals surface area contributed by atoms with Crippen LogP contribution in [0.2, 0.25) is 0 Å². The highest BCUT2D eigenvalue weighted by Crippen LogP contribution is 2.24. The van der Waals surface area contributed by atoms with Gasteiger partial charge in [0.1, 0.15) is 0 Å². The summed E-state index contributed by atoms with van der Waals surface area (Å²) in [5.41, 5.74) is 2.31. The summed E-state index contributed by atoms with van der Waals surface area (Å²) in [6.45, 7) is 1.01. The topological polar surface area (TPSA) is 40.6 Å². The quantitative estimate of drug-likeness (QED) is 0.831. The summed E-state index contributed by atoms with van der Waals surface area (Å²) in [4.78, 5) is 0. The summed E-state index contributed by atoms with van der Waals surface area (Å²) in [7, 11) is -0.174. The Bertz CT molecular complexity index is 528. The van der Waals surface area contributed by atoms with Crippen LogP contribution in [0.1, 0.15) is 11.1 Å². The van der Waals surface area contributed by atoms with Gasteiger partial charge in [-0.05, 0) is 29.7 Å². The molecule has 0 aliphatic carbocycles. The highest BCUT2D eigenvalue weighted by molar-refractivity contribution is 9.10. The maximum Gasteiger partial charge on any atom is 0.281 e. The van der Waals surface area contributed by atoms with E-state index < -0.39 is 10.2 Å². The lowest BCUT2D eigenvalue weighted by Crippen LogP contribution is -2.42. The van der Waals surface area contributed by atoms with Gasteiger partial charge in [0.05, 0.1) is 0 Å². The molecule has 0 bridgehead atoms. The zero-order valence-corrected chi connectivity index (χ0v) is 12.3. The number of hydrogen-bond acceptors (Lipinski definition) is 2. The van der Waals surface area contributed by atoms with E-state index in [1.54, 1.807) is 14.1 Å². The van der Waals surface area contributed by atoms with E-state index >= 15 is 0 Å². The maximum absolute atomic E-state index is 12.0. The monoisotopic (exact) mass is 318 g/mol. The molecular formula is C11H15BrN2O2S. The van der Waals surface area contributed by atoms with Crippen LogP contribution in [0.4, 0.5) is 0 Å². The second-order valence-electron chi connectivity index (χ2n) is 4.29. The summed E-state index contributed by atoms with van der Waals surface area (Å²) in [5, 5.41) is 0. The van der Waals surface area contributed by atoms with Crippen molar-refractivity contribution in [2.45, 2.75) is 13.0 Å². The van der Waals surface area contributed by atoms with Gasteiger partial charge in [0.2, 0.25) is 0 Å². The van der Waals surface area contributed by atoms with Crippen molar-refractivity contribution >= 4 is 26.1 Å². The second kappa shape index (κ2) is 4.68. The second-order valence-corrected chi connectivity index (χ2v) is 7.34. The van der Waals surface area contributed by atoms with E-state index in [0.29, 0.717) is 13.1 Å². The molecule has 4 nitrogen and oxygen atoms in total. The molecule has 1 heterocycles. The Balaban J connectivity index is 2.28. The lowest BCUT2D eigenvalue weighted by molar-refractivity contribution is 0.358. The van der Waals surface area contributed by atoms with Gasteiger partial charge >= 0.3 is 0 Å². The van der Waals surface area contributed by atoms with Crippen molar-refractivity contribution in [3.05, 3.63) is 33.8 Å². The third kappa shape index (κ3) is 2.54. The maximum atomic E-state index is 12.0. The van der Waals surface area contributed by atoms with Gasteiger partial charge in [-0.2, -0.15) is 17.0 Å². The highest BCUT2D eigenvalue weighted by Gasteiger charge is 2.28. The standard InChI is InChI=1S/C11H15BrN2O2S/c1-13(2)17(15,16)14-6-5-9-7-11(12)4-3-10(9)8-14/h3-4,7H,5-6,8H2,1-2H3. The van der Waals surface area contributed by atoms with Crippen LogP contribution in [0.5, 0.6) is 0 Å². The first-order chi connectivity index (χ1) is 7.91. The third-order valence-electron chi connectivity index (χ3n) is 2.93. The first-order valence-electron chi connectivity index (χ1n) is 5.36. The lowest BCUT2D eigenvalue weighted by atomic mass is 10.0. The van der Waals surface area contributed by atoms with E-state index in [9.17, 15) is 8.42 Å². The molecule has 0 aromatic heterocycles. The van der Waals surface area contributed by atoms with Crippen molar-refractivity contribution in [2.24, 2.45) is 0 Å². The van der Waals surface area contributed by atoms with Crippen molar-refractivity contribution in [2.75, 3.05) is 20.6 Å². The Labute approximate surface area is 111 Å². The fourth-order valence-electron chi connectivity index (χ4n) is 1.92. The largest absolute Gasteiger partial charge is 0.281 e. The first kappa shape index (κ1) is 13.0. The fourth-order valence-corrected chi connectivity index (χ4v) is 3.42. The first-order valence-corrected chi connectivity index (χ1v) is 7.55.